The summed E-state index contributed by atoms with van der Waals surface area (Å²) < 4.78 is 0. The SMILES string of the molecule is CCc1ccc2c(c1)CN(CC(C)(C)O)CC2. The van der Waals surface area contributed by atoms with E-state index in [1.54, 1.807) is 0 Å². The molecule has 1 aromatic carbocycles. The normalized spacial score (nSPS) is 16.9. The van der Waals surface area contributed by atoms with Gasteiger partial charge >= 0.3 is 0 Å². The van der Waals surface area contributed by atoms with Crippen molar-refractivity contribution in [1.29, 1.82) is 0 Å². The average Bonchev–Trinajstić information content (AvgIpc) is 2.26. The minimum absolute atomic E-state index is 0.597. The summed E-state index contributed by atoms with van der Waals surface area (Å²) in [6.07, 6.45) is 2.20. The highest BCUT2D eigenvalue weighted by molar-refractivity contribution is 5.33. The molecular formula is C15H23NO. The van der Waals surface area contributed by atoms with Gasteiger partial charge in [0, 0.05) is 19.6 Å². The van der Waals surface area contributed by atoms with Crippen molar-refractivity contribution >= 4 is 0 Å². The maximum atomic E-state index is 9.88. The molecule has 0 atom stereocenters. The second-order valence-electron chi connectivity index (χ2n) is 5.73. The number of fused-ring (bicyclic) bond motifs is 1. The Morgan fingerprint density at radius 1 is 1.29 bits per heavy atom. The van der Waals surface area contributed by atoms with E-state index in [1.807, 2.05) is 13.8 Å². The molecule has 0 radical (unpaired) electrons. The summed E-state index contributed by atoms with van der Waals surface area (Å²) in [6, 6.07) is 6.84. The van der Waals surface area contributed by atoms with E-state index in [0.717, 1.165) is 32.5 Å². The van der Waals surface area contributed by atoms with E-state index in [0.29, 0.717) is 0 Å². The molecule has 0 unspecified atom stereocenters. The zero-order chi connectivity index (χ0) is 12.5. The summed E-state index contributed by atoms with van der Waals surface area (Å²) in [7, 11) is 0. The number of rotatable bonds is 3. The lowest BCUT2D eigenvalue weighted by Gasteiger charge is -2.33. The lowest BCUT2D eigenvalue weighted by atomic mass is 9.95. The monoisotopic (exact) mass is 233 g/mol. The van der Waals surface area contributed by atoms with Crippen LogP contribution in [-0.4, -0.2) is 28.7 Å². The highest BCUT2D eigenvalue weighted by Crippen LogP contribution is 2.22. The maximum Gasteiger partial charge on any atom is 0.0718 e. The Labute approximate surface area is 104 Å². The molecule has 2 heteroatoms. The molecule has 1 aliphatic rings. The Balaban J connectivity index is 2.11. The Morgan fingerprint density at radius 2 is 2.06 bits per heavy atom. The molecule has 0 saturated carbocycles. The largest absolute Gasteiger partial charge is 0.389 e. The maximum absolute atomic E-state index is 9.88. The van der Waals surface area contributed by atoms with Gasteiger partial charge in [0.25, 0.3) is 0 Å². The summed E-state index contributed by atoms with van der Waals surface area (Å²) in [5.41, 5.74) is 3.74. The van der Waals surface area contributed by atoms with Crippen LogP contribution in [0.15, 0.2) is 18.2 Å². The Kier molecular flexibility index (Phi) is 3.55. The van der Waals surface area contributed by atoms with Crippen LogP contribution in [-0.2, 0) is 19.4 Å². The van der Waals surface area contributed by atoms with Crippen LogP contribution in [0.2, 0.25) is 0 Å². The van der Waals surface area contributed by atoms with Gasteiger partial charge in [0.2, 0.25) is 0 Å². The third kappa shape index (κ3) is 3.30. The van der Waals surface area contributed by atoms with E-state index < -0.39 is 5.60 Å². The van der Waals surface area contributed by atoms with Crippen molar-refractivity contribution in [2.45, 2.75) is 45.8 Å². The molecule has 0 fully saturated rings. The topological polar surface area (TPSA) is 23.5 Å². The van der Waals surface area contributed by atoms with E-state index >= 15 is 0 Å². The van der Waals surface area contributed by atoms with Gasteiger partial charge in [0.05, 0.1) is 5.60 Å². The first-order valence-corrected chi connectivity index (χ1v) is 6.53. The van der Waals surface area contributed by atoms with E-state index in [-0.39, 0.29) is 0 Å². The number of aliphatic hydroxyl groups is 1. The fraction of sp³-hybridized carbons (Fsp3) is 0.600. The van der Waals surface area contributed by atoms with Crippen molar-refractivity contribution in [3.63, 3.8) is 0 Å². The minimum atomic E-state index is -0.597. The van der Waals surface area contributed by atoms with Gasteiger partial charge in [-0.2, -0.15) is 0 Å². The summed E-state index contributed by atoms with van der Waals surface area (Å²) in [5, 5.41) is 9.88. The fourth-order valence-electron chi connectivity index (χ4n) is 2.57. The van der Waals surface area contributed by atoms with Crippen LogP contribution in [0.1, 0.15) is 37.5 Å². The van der Waals surface area contributed by atoms with Crippen LogP contribution in [0.4, 0.5) is 0 Å². The van der Waals surface area contributed by atoms with E-state index in [4.69, 9.17) is 0 Å². The number of hydrogen-bond donors (Lipinski definition) is 1. The van der Waals surface area contributed by atoms with Crippen LogP contribution in [0, 0.1) is 0 Å². The summed E-state index contributed by atoms with van der Waals surface area (Å²) in [5.74, 6) is 0. The fourth-order valence-corrected chi connectivity index (χ4v) is 2.57. The lowest BCUT2D eigenvalue weighted by Crippen LogP contribution is -2.41. The predicted molar refractivity (Wildman–Crippen MR) is 71.1 cm³/mol. The van der Waals surface area contributed by atoms with Gasteiger partial charge in [-0.15, -0.1) is 0 Å². The van der Waals surface area contributed by atoms with Crippen molar-refractivity contribution < 1.29 is 5.11 Å². The molecule has 1 aromatic rings. The van der Waals surface area contributed by atoms with Crippen LogP contribution in [0.3, 0.4) is 0 Å². The van der Waals surface area contributed by atoms with E-state index in [1.165, 1.54) is 16.7 Å². The Bertz CT molecular complexity index is 392. The molecule has 2 rings (SSSR count). The molecule has 1 aliphatic heterocycles. The van der Waals surface area contributed by atoms with Gasteiger partial charge in [0.1, 0.15) is 0 Å². The van der Waals surface area contributed by atoms with Gasteiger partial charge in [0.15, 0.2) is 0 Å². The zero-order valence-corrected chi connectivity index (χ0v) is 11.2. The quantitative estimate of drug-likeness (QED) is 0.866. The summed E-state index contributed by atoms with van der Waals surface area (Å²) in [4.78, 5) is 2.35. The van der Waals surface area contributed by atoms with Crippen LogP contribution in [0.25, 0.3) is 0 Å². The molecule has 2 nitrogen and oxygen atoms in total. The molecule has 94 valence electrons. The molecule has 0 aliphatic carbocycles. The third-order valence-electron chi connectivity index (χ3n) is 3.38. The Hall–Kier alpha value is -0.860. The summed E-state index contributed by atoms with van der Waals surface area (Å²) >= 11 is 0. The number of benzene rings is 1. The number of nitrogens with zero attached hydrogens (tertiary/aromatic N) is 1. The van der Waals surface area contributed by atoms with E-state index in [2.05, 4.69) is 30.0 Å². The van der Waals surface area contributed by atoms with Gasteiger partial charge in [-0.05, 0) is 43.4 Å². The molecule has 0 bridgehead atoms. The third-order valence-corrected chi connectivity index (χ3v) is 3.38. The molecule has 1 heterocycles. The van der Waals surface area contributed by atoms with Crippen molar-refractivity contribution in [3.8, 4) is 0 Å². The number of hydrogen-bond acceptors (Lipinski definition) is 2. The first-order chi connectivity index (χ1) is 7.98. The molecular weight excluding hydrogens is 210 g/mol. The van der Waals surface area contributed by atoms with E-state index in [9.17, 15) is 5.11 Å². The summed E-state index contributed by atoms with van der Waals surface area (Å²) in [6.45, 7) is 8.74. The molecule has 0 aromatic heterocycles. The smallest absolute Gasteiger partial charge is 0.0718 e. The average molecular weight is 233 g/mol. The van der Waals surface area contributed by atoms with Crippen molar-refractivity contribution in [3.05, 3.63) is 34.9 Å². The van der Waals surface area contributed by atoms with Gasteiger partial charge in [-0.1, -0.05) is 25.1 Å². The molecule has 0 spiro atoms. The predicted octanol–water partition coefficient (Wildman–Crippen LogP) is 2.38. The highest BCUT2D eigenvalue weighted by Gasteiger charge is 2.22. The van der Waals surface area contributed by atoms with Gasteiger partial charge < -0.3 is 5.11 Å². The van der Waals surface area contributed by atoms with Gasteiger partial charge in [-0.3, -0.25) is 4.90 Å². The van der Waals surface area contributed by atoms with Crippen LogP contribution < -0.4 is 0 Å². The van der Waals surface area contributed by atoms with Crippen molar-refractivity contribution in [1.82, 2.24) is 4.90 Å². The van der Waals surface area contributed by atoms with Crippen molar-refractivity contribution in [2.75, 3.05) is 13.1 Å². The van der Waals surface area contributed by atoms with Crippen molar-refractivity contribution in [2.24, 2.45) is 0 Å². The Morgan fingerprint density at radius 3 is 2.71 bits per heavy atom. The van der Waals surface area contributed by atoms with Gasteiger partial charge in [-0.25, -0.2) is 0 Å². The highest BCUT2D eigenvalue weighted by atomic mass is 16.3. The number of aryl methyl sites for hydroxylation is 1. The lowest BCUT2D eigenvalue weighted by molar-refractivity contribution is 0.0318. The molecule has 0 saturated heterocycles. The van der Waals surface area contributed by atoms with Crippen LogP contribution in [0.5, 0.6) is 0 Å². The first-order valence-electron chi connectivity index (χ1n) is 6.53. The molecule has 0 amide bonds. The zero-order valence-electron chi connectivity index (χ0n) is 11.2. The second kappa shape index (κ2) is 4.79. The molecule has 1 N–H and O–H groups in total. The minimum Gasteiger partial charge on any atom is -0.389 e. The van der Waals surface area contributed by atoms with Crippen LogP contribution >= 0.6 is 0 Å². The molecule has 17 heavy (non-hydrogen) atoms. The second-order valence-corrected chi connectivity index (χ2v) is 5.73. The standard InChI is InChI=1S/C15H23NO/c1-4-12-5-6-13-7-8-16(10-14(13)9-12)11-15(2,3)17/h5-6,9,17H,4,7-8,10-11H2,1-3H3. The number of β-amino-alcohol motifs (C(OH)–C–C–N with tert-alkyl or cyclic N) is 1. The first kappa shape index (κ1) is 12.6.